The van der Waals surface area contributed by atoms with Gasteiger partial charge in [-0.25, -0.2) is 8.78 Å². The number of carbonyl (C=O) groups is 1. The third-order valence-corrected chi connectivity index (χ3v) is 2.25. The first-order chi connectivity index (χ1) is 9.91. The smallest absolute Gasteiger partial charge is 0.351 e. The van der Waals surface area contributed by atoms with Gasteiger partial charge in [-0.05, 0) is 24.3 Å². The Balaban J connectivity index is 3.06. The second-order valence-corrected chi connectivity index (χ2v) is 3.99. The molecule has 1 aromatic rings. The number of rotatable bonds is 4. The summed E-state index contributed by atoms with van der Waals surface area (Å²) in [5.74, 6) is -3.17. The van der Waals surface area contributed by atoms with Crippen molar-refractivity contribution in [2.45, 2.75) is 18.5 Å². The van der Waals surface area contributed by atoms with Gasteiger partial charge in [0.2, 0.25) is 5.78 Å². The molecule has 0 bridgehead atoms. The van der Waals surface area contributed by atoms with Crippen LogP contribution in [-0.4, -0.2) is 24.3 Å². The molecule has 0 spiro atoms. The third-order valence-electron chi connectivity index (χ3n) is 2.25. The van der Waals surface area contributed by atoms with Crippen LogP contribution < -0.4 is 5.32 Å². The van der Waals surface area contributed by atoms with E-state index >= 15 is 0 Å². The summed E-state index contributed by atoms with van der Waals surface area (Å²) in [6.45, 7) is 0. The summed E-state index contributed by atoms with van der Waals surface area (Å²) in [7, 11) is 0. The topological polar surface area (TPSA) is 29.1 Å². The van der Waals surface area contributed by atoms with Crippen LogP contribution in [0.15, 0.2) is 36.0 Å². The lowest BCUT2D eigenvalue weighted by Gasteiger charge is -2.15. The predicted octanol–water partition coefficient (Wildman–Crippen LogP) is 4.15. The van der Waals surface area contributed by atoms with Gasteiger partial charge in [0.05, 0.1) is 0 Å². The number of carbonyl (C=O) groups excluding carboxylic acids is 1. The van der Waals surface area contributed by atoms with Crippen molar-refractivity contribution in [1.29, 1.82) is 0 Å². The van der Waals surface area contributed by atoms with Crippen molar-refractivity contribution in [3.8, 4) is 0 Å². The molecule has 0 amide bonds. The Morgan fingerprint density at radius 3 is 1.95 bits per heavy atom. The highest BCUT2D eigenvalue weighted by molar-refractivity contribution is 5.95. The number of allylic oxidation sites excluding steroid dienone is 2. The monoisotopic (exact) mass is 333 g/mol. The summed E-state index contributed by atoms with van der Waals surface area (Å²) in [6, 6.07) is 3.28. The lowest BCUT2D eigenvalue weighted by atomic mass is 10.2. The molecule has 0 aliphatic heterocycles. The molecule has 0 aliphatic rings. The molecule has 0 aromatic heterocycles. The summed E-state index contributed by atoms with van der Waals surface area (Å²) in [4.78, 5) is 10.9. The van der Waals surface area contributed by atoms with Crippen LogP contribution in [0.1, 0.15) is 0 Å². The molecular formula is C12H7F8NO. The van der Waals surface area contributed by atoms with Crippen molar-refractivity contribution in [2.24, 2.45) is 0 Å². The fourth-order valence-corrected chi connectivity index (χ4v) is 1.25. The summed E-state index contributed by atoms with van der Waals surface area (Å²) < 4.78 is 99.1. The van der Waals surface area contributed by atoms with E-state index in [1.165, 1.54) is 0 Å². The molecule has 0 fully saturated rings. The van der Waals surface area contributed by atoms with Crippen LogP contribution in [-0.2, 0) is 4.79 Å². The second-order valence-electron chi connectivity index (χ2n) is 3.99. The van der Waals surface area contributed by atoms with Crippen LogP contribution in [0, 0.1) is 5.82 Å². The van der Waals surface area contributed by atoms with E-state index in [0.29, 0.717) is 0 Å². The maximum Gasteiger partial charge on any atom is 0.431 e. The zero-order valence-electron chi connectivity index (χ0n) is 10.4. The molecule has 10 heteroatoms. The minimum absolute atomic E-state index is 0.347. The van der Waals surface area contributed by atoms with Crippen molar-refractivity contribution >= 4 is 11.5 Å². The van der Waals surface area contributed by atoms with Crippen molar-refractivity contribution in [3.63, 3.8) is 0 Å². The van der Waals surface area contributed by atoms with Gasteiger partial charge in [0.1, 0.15) is 11.5 Å². The Kier molecular flexibility index (Phi) is 5.15. The Bertz CT molecular complexity index is 558. The van der Waals surface area contributed by atoms with Crippen molar-refractivity contribution in [3.05, 3.63) is 41.9 Å². The molecule has 122 valence electrons. The van der Waals surface area contributed by atoms with E-state index < -0.39 is 41.9 Å². The highest BCUT2D eigenvalue weighted by atomic mass is 19.4. The molecule has 0 saturated heterocycles. The molecule has 1 rings (SSSR count). The van der Waals surface area contributed by atoms with Crippen LogP contribution in [0.4, 0.5) is 40.8 Å². The highest BCUT2D eigenvalue weighted by Crippen LogP contribution is 2.29. The fourth-order valence-electron chi connectivity index (χ4n) is 1.25. The second kappa shape index (κ2) is 6.32. The lowest BCUT2D eigenvalue weighted by molar-refractivity contribution is -0.183. The van der Waals surface area contributed by atoms with Gasteiger partial charge in [-0.3, -0.25) is 4.79 Å². The van der Waals surface area contributed by atoms with Gasteiger partial charge < -0.3 is 5.32 Å². The van der Waals surface area contributed by atoms with E-state index in [1.807, 2.05) is 0 Å². The summed E-state index contributed by atoms with van der Waals surface area (Å²) in [5.41, 5.74) is -2.25. The molecule has 0 radical (unpaired) electrons. The molecule has 1 N–H and O–H groups in total. The number of nitrogens with one attached hydrogen (secondary N) is 1. The molecule has 1 aromatic carbocycles. The zero-order valence-corrected chi connectivity index (χ0v) is 10.4. The zero-order chi connectivity index (χ0) is 17.1. The van der Waals surface area contributed by atoms with Gasteiger partial charge >= 0.3 is 12.4 Å². The number of benzene rings is 1. The van der Waals surface area contributed by atoms with E-state index in [1.54, 1.807) is 5.32 Å². The Morgan fingerprint density at radius 2 is 1.55 bits per heavy atom. The van der Waals surface area contributed by atoms with E-state index in [-0.39, 0.29) is 5.69 Å². The molecule has 0 heterocycles. The molecular weight excluding hydrogens is 326 g/mol. The standard InChI is InChI=1S/C12H7F8NO/c13-6-1-3-7(4-2-6)21-9(11(15,16)17)5-8(22)10(14)12(18,19)20/h1-5,10,21H. The number of hydrogen-bond donors (Lipinski definition) is 1. The fraction of sp³-hybridized carbons (Fsp3) is 0.250. The maximum atomic E-state index is 12.7. The van der Waals surface area contributed by atoms with E-state index in [4.69, 9.17) is 0 Å². The van der Waals surface area contributed by atoms with E-state index in [2.05, 4.69) is 0 Å². The van der Waals surface area contributed by atoms with E-state index in [0.717, 1.165) is 24.3 Å². The number of alkyl halides is 7. The molecule has 2 nitrogen and oxygen atoms in total. The quantitative estimate of drug-likeness (QED) is 0.662. The Hall–Kier alpha value is -2.13. The van der Waals surface area contributed by atoms with Crippen LogP contribution in [0.2, 0.25) is 0 Å². The van der Waals surface area contributed by atoms with Gasteiger partial charge in [-0.15, -0.1) is 0 Å². The lowest BCUT2D eigenvalue weighted by Crippen LogP contribution is -2.33. The van der Waals surface area contributed by atoms with Gasteiger partial charge in [0.25, 0.3) is 6.17 Å². The van der Waals surface area contributed by atoms with Gasteiger partial charge in [0, 0.05) is 11.8 Å². The Labute approximate surface area is 118 Å². The van der Waals surface area contributed by atoms with Gasteiger partial charge in [-0.2, -0.15) is 26.3 Å². The van der Waals surface area contributed by atoms with Crippen LogP contribution >= 0.6 is 0 Å². The largest absolute Gasteiger partial charge is 0.431 e. The molecule has 0 aliphatic carbocycles. The first-order valence-electron chi connectivity index (χ1n) is 5.47. The molecule has 1 atom stereocenters. The highest BCUT2D eigenvalue weighted by Gasteiger charge is 2.46. The maximum absolute atomic E-state index is 12.7. The number of ketones is 1. The predicted molar refractivity (Wildman–Crippen MR) is 60.1 cm³/mol. The first-order valence-corrected chi connectivity index (χ1v) is 5.47. The van der Waals surface area contributed by atoms with Crippen molar-refractivity contribution in [1.82, 2.24) is 0 Å². The van der Waals surface area contributed by atoms with Gasteiger partial charge in [0.15, 0.2) is 0 Å². The average Bonchev–Trinajstić information content (AvgIpc) is 2.37. The number of hydrogen-bond acceptors (Lipinski definition) is 2. The molecule has 1 unspecified atom stereocenters. The Morgan fingerprint density at radius 1 is 1.05 bits per heavy atom. The normalized spacial score (nSPS) is 14.6. The van der Waals surface area contributed by atoms with Crippen molar-refractivity contribution in [2.75, 3.05) is 5.32 Å². The van der Waals surface area contributed by atoms with E-state index in [9.17, 15) is 39.9 Å². The summed E-state index contributed by atoms with van der Waals surface area (Å²) in [5, 5.41) is 1.60. The van der Waals surface area contributed by atoms with Crippen molar-refractivity contribution < 1.29 is 39.9 Å². The van der Waals surface area contributed by atoms with Gasteiger partial charge in [-0.1, -0.05) is 0 Å². The number of anilines is 1. The van der Waals surface area contributed by atoms with Crippen LogP contribution in [0.3, 0.4) is 0 Å². The summed E-state index contributed by atoms with van der Waals surface area (Å²) in [6.07, 6.45) is -15.4. The molecule has 0 saturated carbocycles. The first kappa shape index (κ1) is 17.9. The summed E-state index contributed by atoms with van der Waals surface area (Å²) >= 11 is 0. The minimum atomic E-state index is -5.61. The SMILES string of the molecule is O=C(C=C(Nc1ccc(F)cc1)C(F)(F)F)C(F)C(F)(F)F. The molecule has 22 heavy (non-hydrogen) atoms. The third kappa shape index (κ3) is 5.01. The van der Waals surface area contributed by atoms with Crippen LogP contribution in [0.5, 0.6) is 0 Å². The average molecular weight is 333 g/mol. The minimum Gasteiger partial charge on any atom is -0.351 e. The van der Waals surface area contributed by atoms with Crippen LogP contribution in [0.25, 0.3) is 0 Å². The number of halogens is 8.